The van der Waals surface area contributed by atoms with Crippen LogP contribution in [0.3, 0.4) is 0 Å². The summed E-state index contributed by atoms with van der Waals surface area (Å²) in [7, 11) is 0. The van der Waals surface area contributed by atoms with Crippen molar-refractivity contribution in [2.24, 2.45) is 5.41 Å². The van der Waals surface area contributed by atoms with Crippen LogP contribution in [0, 0.1) is 5.41 Å². The summed E-state index contributed by atoms with van der Waals surface area (Å²) in [6.45, 7) is 3.52. The second-order valence-corrected chi connectivity index (χ2v) is 3.51. The van der Waals surface area contributed by atoms with Crippen molar-refractivity contribution in [1.82, 2.24) is 14.8 Å². The van der Waals surface area contributed by atoms with Gasteiger partial charge < -0.3 is 5.11 Å². The average molecular weight is 199 g/mol. The zero-order valence-electron chi connectivity index (χ0n) is 8.15. The van der Waals surface area contributed by atoms with Crippen LogP contribution in [-0.2, 0) is 11.3 Å². The predicted octanol–water partition coefficient (Wildman–Crippen LogP) is 0.0723. The van der Waals surface area contributed by atoms with Gasteiger partial charge in [-0.1, -0.05) is 6.92 Å². The highest BCUT2D eigenvalue weighted by atomic mass is 16.4. The van der Waals surface area contributed by atoms with Gasteiger partial charge in [0.25, 0.3) is 0 Å². The number of aliphatic carboxylic acids is 1. The minimum atomic E-state index is -0.923. The molecule has 1 aromatic rings. The summed E-state index contributed by atoms with van der Waals surface area (Å²) in [5, 5.41) is 14.7. The van der Waals surface area contributed by atoms with E-state index in [0.717, 1.165) is 0 Å². The molecule has 0 radical (unpaired) electrons. The molecule has 0 bridgehead atoms. The quantitative estimate of drug-likeness (QED) is 0.718. The summed E-state index contributed by atoms with van der Waals surface area (Å²) in [5.41, 5.74) is -1.31. The van der Waals surface area contributed by atoms with Crippen molar-refractivity contribution in [3.63, 3.8) is 0 Å². The van der Waals surface area contributed by atoms with Gasteiger partial charge >= 0.3 is 11.7 Å². The van der Waals surface area contributed by atoms with Crippen LogP contribution in [0.5, 0.6) is 0 Å². The molecule has 0 aliphatic heterocycles. The van der Waals surface area contributed by atoms with Crippen LogP contribution in [0.4, 0.5) is 0 Å². The maximum atomic E-state index is 11.1. The molecular formula is C8H13N3O3. The Hall–Kier alpha value is -1.59. The molecule has 1 heterocycles. The zero-order valence-corrected chi connectivity index (χ0v) is 8.15. The highest BCUT2D eigenvalue weighted by Gasteiger charge is 2.32. The second kappa shape index (κ2) is 3.65. The first-order chi connectivity index (χ1) is 6.49. The van der Waals surface area contributed by atoms with Crippen molar-refractivity contribution < 1.29 is 9.90 Å². The average Bonchev–Trinajstić information content (AvgIpc) is 2.51. The largest absolute Gasteiger partial charge is 0.481 e. The first kappa shape index (κ1) is 10.5. The van der Waals surface area contributed by atoms with Gasteiger partial charge in [0.05, 0.1) is 5.41 Å². The van der Waals surface area contributed by atoms with Crippen LogP contribution in [0.25, 0.3) is 0 Å². The van der Waals surface area contributed by atoms with Crippen LogP contribution in [0.2, 0.25) is 0 Å². The fourth-order valence-corrected chi connectivity index (χ4v) is 1.09. The number of aromatic amines is 1. The molecule has 6 nitrogen and oxygen atoms in total. The Balaban J connectivity index is 2.91. The Morgan fingerprint density at radius 3 is 2.79 bits per heavy atom. The van der Waals surface area contributed by atoms with E-state index in [0.29, 0.717) is 6.42 Å². The molecule has 0 aliphatic carbocycles. The lowest BCUT2D eigenvalue weighted by atomic mass is 9.88. The Morgan fingerprint density at radius 2 is 2.43 bits per heavy atom. The predicted molar refractivity (Wildman–Crippen MR) is 48.9 cm³/mol. The molecule has 0 spiro atoms. The number of carbonyl (C=O) groups is 1. The third kappa shape index (κ3) is 1.84. The highest BCUT2D eigenvalue weighted by Crippen LogP contribution is 2.22. The molecule has 1 rings (SSSR count). The molecule has 1 unspecified atom stereocenters. The lowest BCUT2D eigenvalue weighted by Gasteiger charge is -2.22. The van der Waals surface area contributed by atoms with Gasteiger partial charge in [-0.15, -0.1) is 0 Å². The zero-order chi connectivity index (χ0) is 10.8. The topological polar surface area (TPSA) is 88.0 Å². The van der Waals surface area contributed by atoms with Crippen molar-refractivity contribution in [2.45, 2.75) is 26.8 Å². The van der Waals surface area contributed by atoms with E-state index in [1.165, 1.54) is 10.9 Å². The number of nitrogens with zero attached hydrogens (tertiary/aromatic N) is 2. The molecule has 0 saturated heterocycles. The molecule has 14 heavy (non-hydrogen) atoms. The summed E-state index contributed by atoms with van der Waals surface area (Å²) in [6.07, 6.45) is 1.76. The van der Waals surface area contributed by atoms with Crippen molar-refractivity contribution in [1.29, 1.82) is 0 Å². The molecule has 6 heteroatoms. The van der Waals surface area contributed by atoms with Gasteiger partial charge in [0.2, 0.25) is 0 Å². The van der Waals surface area contributed by atoms with E-state index in [4.69, 9.17) is 5.11 Å². The number of hydrogen-bond donors (Lipinski definition) is 2. The van der Waals surface area contributed by atoms with Crippen molar-refractivity contribution in [3.8, 4) is 0 Å². The van der Waals surface area contributed by atoms with Crippen LogP contribution in [0.1, 0.15) is 20.3 Å². The number of carboxylic acid groups (broad SMARTS) is 1. The summed E-state index contributed by atoms with van der Waals surface area (Å²) in [5.74, 6) is -0.909. The first-order valence-corrected chi connectivity index (χ1v) is 4.33. The van der Waals surface area contributed by atoms with Crippen molar-refractivity contribution in [3.05, 3.63) is 16.8 Å². The Kier molecular flexibility index (Phi) is 2.73. The van der Waals surface area contributed by atoms with E-state index < -0.39 is 11.4 Å². The maximum Gasteiger partial charge on any atom is 0.343 e. The minimum absolute atomic E-state index is 0.133. The van der Waals surface area contributed by atoms with Crippen LogP contribution >= 0.6 is 0 Å². The Bertz CT molecular complexity index is 381. The number of carboxylic acids is 1. The van der Waals surface area contributed by atoms with Gasteiger partial charge in [0.1, 0.15) is 6.33 Å². The molecule has 0 aliphatic rings. The lowest BCUT2D eigenvalue weighted by Crippen LogP contribution is -2.34. The number of nitrogens with one attached hydrogen (secondary N) is 1. The van der Waals surface area contributed by atoms with Gasteiger partial charge in [-0.25, -0.2) is 9.89 Å². The van der Waals surface area contributed by atoms with Gasteiger partial charge in [0.15, 0.2) is 0 Å². The Morgan fingerprint density at radius 1 is 1.79 bits per heavy atom. The minimum Gasteiger partial charge on any atom is -0.481 e. The van der Waals surface area contributed by atoms with E-state index in [2.05, 4.69) is 10.2 Å². The van der Waals surface area contributed by atoms with E-state index in [9.17, 15) is 9.59 Å². The van der Waals surface area contributed by atoms with Crippen LogP contribution in [0.15, 0.2) is 11.1 Å². The molecule has 0 saturated carbocycles. The molecule has 1 aromatic heterocycles. The monoisotopic (exact) mass is 199 g/mol. The van der Waals surface area contributed by atoms with E-state index >= 15 is 0 Å². The summed E-state index contributed by atoms with van der Waals surface area (Å²) in [4.78, 5) is 22.0. The fourth-order valence-electron chi connectivity index (χ4n) is 1.09. The van der Waals surface area contributed by atoms with Crippen LogP contribution in [-0.4, -0.2) is 25.8 Å². The Labute approximate surface area is 80.6 Å². The van der Waals surface area contributed by atoms with Gasteiger partial charge in [-0.3, -0.25) is 9.36 Å². The van der Waals surface area contributed by atoms with Crippen molar-refractivity contribution in [2.75, 3.05) is 0 Å². The summed E-state index contributed by atoms with van der Waals surface area (Å²) < 4.78 is 1.26. The molecule has 1 atom stereocenters. The third-order valence-electron chi connectivity index (χ3n) is 2.43. The van der Waals surface area contributed by atoms with Crippen molar-refractivity contribution >= 4 is 5.97 Å². The van der Waals surface area contributed by atoms with E-state index in [1.807, 2.05) is 0 Å². The molecule has 0 amide bonds. The van der Waals surface area contributed by atoms with Gasteiger partial charge in [-0.2, -0.15) is 5.10 Å². The van der Waals surface area contributed by atoms with Crippen LogP contribution < -0.4 is 5.69 Å². The first-order valence-electron chi connectivity index (χ1n) is 4.33. The number of aromatic nitrogens is 3. The van der Waals surface area contributed by atoms with E-state index in [1.54, 1.807) is 13.8 Å². The maximum absolute atomic E-state index is 11.1. The number of hydrogen-bond acceptors (Lipinski definition) is 3. The molecule has 0 fully saturated rings. The number of rotatable bonds is 4. The molecule has 78 valence electrons. The standard InChI is InChI=1S/C8H13N3O3/c1-3-8(2,6(12)13)4-11-5-9-10-7(11)14/h5H,3-4H2,1-2H3,(H,10,14)(H,12,13). The smallest absolute Gasteiger partial charge is 0.343 e. The summed E-state index contributed by atoms with van der Waals surface area (Å²) >= 11 is 0. The SMILES string of the molecule is CCC(C)(Cn1cn[nH]c1=O)C(=O)O. The second-order valence-electron chi connectivity index (χ2n) is 3.51. The van der Waals surface area contributed by atoms with E-state index in [-0.39, 0.29) is 12.2 Å². The molecule has 2 N–H and O–H groups in total. The summed E-state index contributed by atoms with van der Waals surface area (Å²) in [6, 6.07) is 0. The fraction of sp³-hybridized carbons (Fsp3) is 0.625. The van der Waals surface area contributed by atoms with Gasteiger partial charge in [-0.05, 0) is 13.3 Å². The molecular weight excluding hydrogens is 186 g/mol. The number of H-pyrrole nitrogens is 1. The highest BCUT2D eigenvalue weighted by molar-refractivity contribution is 5.73. The molecule has 0 aromatic carbocycles. The lowest BCUT2D eigenvalue weighted by molar-refractivity contribution is -0.149. The van der Waals surface area contributed by atoms with Gasteiger partial charge in [0, 0.05) is 6.54 Å². The third-order valence-corrected chi connectivity index (χ3v) is 2.43. The normalized spacial score (nSPS) is 15.0.